The van der Waals surface area contributed by atoms with E-state index in [1.54, 1.807) is 18.2 Å². The van der Waals surface area contributed by atoms with E-state index in [4.69, 9.17) is 0 Å². The van der Waals surface area contributed by atoms with Gasteiger partial charge in [-0.05, 0) is 55.3 Å². The molecule has 0 aliphatic rings. The Morgan fingerprint density at radius 2 is 1.58 bits per heavy atom. The second-order valence-corrected chi connectivity index (χ2v) is 7.98. The fourth-order valence-corrected chi connectivity index (χ4v) is 3.16. The van der Waals surface area contributed by atoms with E-state index < -0.39 is 0 Å². The molecule has 2 aromatic rings. The first-order valence-electron chi connectivity index (χ1n) is 11.0. The molecule has 0 unspecified atom stereocenters. The smallest absolute Gasteiger partial charge is 0.267 e. The summed E-state index contributed by atoms with van der Waals surface area (Å²) in [6.07, 6.45) is 1.73. The van der Waals surface area contributed by atoms with Crippen LogP contribution in [-0.4, -0.2) is 42.9 Å². The molecule has 5 nitrogen and oxygen atoms in total. The molecule has 2 amide bonds. The molecule has 2 aromatic carbocycles. The van der Waals surface area contributed by atoms with E-state index in [0.29, 0.717) is 18.0 Å². The molecule has 0 fully saturated rings. The highest BCUT2D eigenvalue weighted by molar-refractivity contribution is 6.05. The van der Waals surface area contributed by atoms with Crippen LogP contribution in [0.3, 0.4) is 0 Å². The number of rotatable bonds is 10. The summed E-state index contributed by atoms with van der Waals surface area (Å²) in [4.78, 5) is 27.9. The van der Waals surface area contributed by atoms with Crippen molar-refractivity contribution in [2.24, 2.45) is 0 Å². The number of carbonyl (C=O) groups is 2. The summed E-state index contributed by atoms with van der Waals surface area (Å²) in [5, 5.41) is 5.74. The van der Waals surface area contributed by atoms with Crippen molar-refractivity contribution >= 4 is 17.9 Å². The van der Waals surface area contributed by atoms with Crippen molar-refractivity contribution in [2.75, 3.05) is 26.2 Å². The summed E-state index contributed by atoms with van der Waals surface area (Å²) in [6.45, 7) is 13.6. The zero-order chi connectivity index (χ0) is 22.8. The van der Waals surface area contributed by atoms with Gasteiger partial charge in [0.2, 0.25) is 0 Å². The van der Waals surface area contributed by atoms with Gasteiger partial charge >= 0.3 is 0 Å². The molecule has 0 spiro atoms. The molecule has 2 N–H and O–H groups in total. The number of nitrogens with one attached hydrogen (secondary N) is 2. The monoisotopic (exact) mass is 421 g/mol. The standard InChI is InChI=1S/C26H35N3O2/c1-6-29(7-2)17-16-27-26(31)24(18-21-10-14-22(15-11-21)19(3)4)28-25(30)23-12-8-20(5)9-13-23/h8-15,18-19H,6-7,16-17H2,1-5H3,(H,27,31)(H,28,30)/b24-18-. The average molecular weight is 422 g/mol. The summed E-state index contributed by atoms with van der Waals surface area (Å²) in [5.41, 5.74) is 3.92. The Kier molecular flexibility index (Phi) is 9.47. The summed E-state index contributed by atoms with van der Waals surface area (Å²) < 4.78 is 0. The first-order chi connectivity index (χ1) is 14.8. The van der Waals surface area contributed by atoms with Crippen molar-refractivity contribution in [3.05, 3.63) is 76.5 Å². The highest BCUT2D eigenvalue weighted by Gasteiger charge is 2.15. The molecule has 0 heterocycles. The molecule has 0 radical (unpaired) electrons. The molecular weight excluding hydrogens is 386 g/mol. The van der Waals surface area contributed by atoms with Crippen LogP contribution in [0, 0.1) is 6.92 Å². The van der Waals surface area contributed by atoms with Crippen molar-refractivity contribution < 1.29 is 9.59 Å². The Labute approximate surface area is 186 Å². The normalized spacial score (nSPS) is 11.6. The van der Waals surface area contributed by atoms with Crippen LogP contribution in [0.25, 0.3) is 6.08 Å². The van der Waals surface area contributed by atoms with Crippen LogP contribution in [0.2, 0.25) is 0 Å². The number of aryl methyl sites for hydroxylation is 1. The SMILES string of the molecule is CCN(CC)CCNC(=O)/C(=C/c1ccc(C(C)C)cc1)NC(=O)c1ccc(C)cc1. The highest BCUT2D eigenvalue weighted by Crippen LogP contribution is 2.16. The average Bonchev–Trinajstić information content (AvgIpc) is 2.77. The Balaban J connectivity index is 2.20. The van der Waals surface area contributed by atoms with E-state index in [1.807, 2.05) is 43.3 Å². The Bertz CT molecular complexity index is 880. The first-order valence-corrected chi connectivity index (χ1v) is 11.0. The molecule has 0 atom stereocenters. The summed E-state index contributed by atoms with van der Waals surface area (Å²) in [7, 11) is 0. The summed E-state index contributed by atoms with van der Waals surface area (Å²) in [6, 6.07) is 15.3. The van der Waals surface area contributed by atoms with Gasteiger partial charge in [0.25, 0.3) is 11.8 Å². The lowest BCUT2D eigenvalue weighted by molar-refractivity contribution is -0.117. The molecule has 0 saturated heterocycles. The van der Waals surface area contributed by atoms with Crippen molar-refractivity contribution in [1.29, 1.82) is 0 Å². The van der Waals surface area contributed by atoms with Crippen LogP contribution >= 0.6 is 0 Å². The topological polar surface area (TPSA) is 61.4 Å². The van der Waals surface area contributed by atoms with Crippen LogP contribution in [0.15, 0.2) is 54.2 Å². The maximum atomic E-state index is 12.9. The summed E-state index contributed by atoms with van der Waals surface area (Å²) >= 11 is 0. The van der Waals surface area contributed by atoms with Crippen molar-refractivity contribution in [3.63, 3.8) is 0 Å². The van der Waals surface area contributed by atoms with E-state index >= 15 is 0 Å². The van der Waals surface area contributed by atoms with E-state index in [0.717, 1.165) is 30.8 Å². The molecule has 166 valence electrons. The first kappa shape index (κ1) is 24.4. The number of hydrogen-bond acceptors (Lipinski definition) is 3. The Morgan fingerprint density at radius 1 is 0.968 bits per heavy atom. The molecule has 5 heteroatoms. The van der Waals surface area contributed by atoms with E-state index in [2.05, 4.69) is 43.2 Å². The van der Waals surface area contributed by atoms with Crippen molar-refractivity contribution in [2.45, 2.75) is 40.5 Å². The number of benzene rings is 2. The molecule has 2 rings (SSSR count). The minimum Gasteiger partial charge on any atom is -0.349 e. The van der Waals surface area contributed by atoms with Crippen LogP contribution in [0.1, 0.15) is 60.7 Å². The molecule has 0 aliphatic heterocycles. The minimum absolute atomic E-state index is 0.238. The number of likely N-dealkylation sites (N-methyl/N-ethyl adjacent to an activating group) is 1. The number of amides is 2. The lowest BCUT2D eigenvalue weighted by atomic mass is 10.0. The number of carbonyl (C=O) groups excluding carboxylic acids is 2. The lowest BCUT2D eigenvalue weighted by Gasteiger charge is -2.18. The third-order valence-corrected chi connectivity index (χ3v) is 5.33. The van der Waals surface area contributed by atoms with Gasteiger partial charge in [-0.15, -0.1) is 0 Å². The van der Waals surface area contributed by atoms with Crippen LogP contribution in [-0.2, 0) is 4.79 Å². The van der Waals surface area contributed by atoms with Crippen LogP contribution < -0.4 is 10.6 Å². The van der Waals surface area contributed by atoms with E-state index in [-0.39, 0.29) is 17.5 Å². The Hall–Kier alpha value is -2.92. The molecule has 0 aliphatic carbocycles. The van der Waals surface area contributed by atoms with Crippen LogP contribution in [0.5, 0.6) is 0 Å². The van der Waals surface area contributed by atoms with Crippen LogP contribution in [0.4, 0.5) is 0 Å². The summed E-state index contributed by atoms with van der Waals surface area (Å²) in [5.74, 6) is -0.161. The molecule has 0 aromatic heterocycles. The zero-order valence-electron chi connectivity index (χ0n) is 19.4. The molecular formula is C26H35N3O2. The van der Waals surface area contributed by atoms with Gasteiger partial charge in [0.15, 0.2) is 0 Å². The van der Waals surface area contributed by atoms with Gasteiger partial charge in [0, 0.05) is 18.7 Å². The van der Waals surface area contributed by atoms with E-state index in [1.165, 1.54) is 5.56 Å². The fourth-order valence-electron chi connectivity index (χ4n) is 3.16. The Morgan fingerprint density at radius 3 is 2.13 bits per heavy atom. The second kappa shape index (κ2) is 12.1. The van der Waals surface area contributed by atoms with Gasteiger partial charge in [-0.25, -0.2) is 0 Å². The number of hydrogen-bond donors (Lipinski definition) is 2. The van der Waals surface area contributed by atoms with Gasteiger partial charge in [0.05, 0.1) is 0 Å². The predicted octanol–water partition coefficient (Wildman–Crippen LogP) is 4.35. The maximum Gasteiger partial charge on any atom is 0.267 e. The highest BCUT2D eigenvalue weighted by atomic mass is 16.2. The molecule has 31 heavy (non-hydrogen) atoms. The van der Waals surface area contributed by atoms with Gasteiger partial charge in [0.1, 0.15) is 5.70 Å². The van der Waals surface area contributed by atoms with Gasteiger partial charge in [-0.1, -0.05) is 69.7 Å². The van der Waals surface area contributed by atoms with Crippen molar-refractivity contribution in [1.82, 2.24) is 15.5 Å². The van der Waals surface area contributed by atoms with Crippen molar-refractivity contribution in [3.8, 4) is 0 Å². The molecule has 0 bridgehead atoms. The minimum atomic E-state index is -0.302. The van der Waals surface area contributed by atoms with Gasteiger partial charge < -0.3 is 15.5 Å². The third kappa shape index (κ3) is 7.68. The van der Waals surface area contributed by atoms with E-state index in [9.17, 15) is 9.59 Å². The molecule has 0 saturated carbocycles. The predicted molar refractivity (Wildman–Crippen MR) is 128 cm³/mol. The lowest BCUT2D eigenvalue weighted by Crippen LogP contribution is -2.39. The van der Waals surface area contributed by atoms with Gasteiger partial charge in [-0.2, -0.15) is 0 Å². The second-order valence-electron chi connectivity index (χ2n) is 7.98. The fraction of sp³-hybridized carbons (Fsp3) is 0.385. The van der Waals surface area contributed by atoms with Gasteiger partial charge in [-0.3, -0.25) is 9.59 Å². The largest absolute Gasteiger partial charge is 0.349 e. The quantitative estimate of drug-likeness (QED) is 0.561. The zero-order valence-corrected chi connectivity index (χ0v) is 19.4. The number of nitrogens with zero attached hydrogens (tertiary/aromatic N) is 1. The third-order valence-electron chi connectivity index (χ3n) is 5.33. The maximum absolute atomic E-state index is 12.9.